The van der Waals surface area contributed by atoms with Gasteiger partial charge in [-0.25, -0.2) is 9.59 Å². The van der Waals surface area contributed by atoms with Gasteiger partial charge < -0.3 is 26.0 Å². The quantitative estimate of drug-likeness (QED) is 0.129. The molecule has 4 aromatic rings. The lowest BCUT2D eigenvalue weighted by Crippen LogP contribution is -2.31. The first kappa shape index (κ1) is 43.2. The van der Waals surface area contributed by atoms with Gasteiger partial charge in [0.05, 0.1) is 0 Å². The van der Waals surface area contributed by atoms with Crippen molar-refractivity contribution >= 4 is 88.1 Å². The van der Waals surface area contributed by atoms with Crippen molar-refractivity contribution in [3.63, 3.8) is 0 Å². The highest BCUT2D eigenvalue weighted by atomic mass is 79.9. The fraction of sp³-hybridized carbons (Fsp3) is 0.333. The average molecular weight is 975 g/mol. The number of benzene rings is 4. The number of nitrogens with one attached hydrogen (secondary N) is 2. The van der Waals surface area contributed by atoms with Gasteiger partial charge in [0.2, 0.25) is 0 Å². The lowest BCUT2D eigenvalue weighted by Gasteiger charge is -2.28. The molecule has 0 amide bonds. The van der Waals surface area contributed by atoms with E-state index >= 15 is 0 Å². The molecule has 0 radical (unpaired) electrons. The maximum atomic E-state index is 9.92. The molecule has 5 N–H and O–H groups in total. The molecule has 2 aliphatic rings. The number of phenolic OH excluding ortho intramolecular Hbond substituents is 1. The Bertz CT molecular complexity index is 1740. The first-order chi connectivity index (χ1) is 23.5. The Hall–Kier alpha value is -2.25. The van der Waals surface area contributed by atoms with Gasteiger partial charge in [-0.15, -0.1) is 12.4 Å². The molecule has 2 heterocycles. The third kappa shape index (κ3) is 11.4. The minimum absolute atomic E-state index is 0. The Kier molecular flexibility index (Phi) is 16.2. The molecule has 2 unspecified atom stereocenters. The fourth-order valence-corrected chi connectivity index (χ4v) is 8.75. The number of carboxylic acid groups (broad SMARTS) is 2. The highest BCUT2D eigenvalue weighted by Gasteiger charge is 2.23. The van der Waals surface area contributed by atoms with E-state index in [4.69, 9.17) is 19.8 Å². The SMILES string of the molecule is Cc1cc2c(cc1C)C(Cc1cc(Br)c(C)c(Br)c1)NCC2.Cc1cc2c(cc1O)CCNC2Cc1cc(Br)c(C)c(Br)c1.Cl.O=C(O)C(=O)O. The van der Waals surface area contributed by atoms with Crippen molar-refractivity contribution in [3.8, 4) is 5.75 Å². The first-order valence-electron chi connectivity index (χ1n) is 16.3. The van der Waals surface area contributed by atoms with Crippen LogP contribution in [0.3, 0.4) is 0 Å². The van der Waals surface area contributed by atoms with Crippen molar-refractivity contribution in [2.45, 2.75) is 72.4 Å². The van der Waals surface area contributed by atoms with Crippen LogP contribution in [0.5, 0.6) is 5.75 Å². The number of carbonyl (C=O) groups is 2. The van der Waals surface area contributed by atoms with E-state index in [1.165, 1.54) is 64.6 Å². The second-order valence-corrected chi connectivity index (χ2v) is 16.3. The molecule has 0 saturated carbocycles. The Morgan fingerprint density at radius 3 is 1.35 bits per heavy atom. The maximum absolute atomic E-state index is 9.92. The van der Waals surface area contributed by atoms with Crippen LogP contribution in [0, 0.1) is 34.6 Å². The Morgan fingerprint density at radius 1 is 0.608 bits per heavy atom. The van der Waals surface area contributed by atoms with E-state index in [1.807, 2.05) is 13.0 Å². The maximum Gasteiger partial charge on any atom is 0.414 e. The van der Waals surface area contributed by atoms with Crippen molar-refractivity contribution in [2.75, 3.05) is 13.1 Å². The first-order valence-corrected chi connectivity index (χ1v) is 19.5. The molecule has 0 fully saturated rings. The zero-order valence-corrected chi connectivity index (χ0v) is 36.3. The van der Waals surface area contributed by atoms with Crippen LogP contribution in [0.25, 0.3) is 0 Å². The zero-order valence-electron chi connectivity index (χ0n) is 29.1. The second-order valence-electron chi connectivity index (χ2n) is 12.9. The van der Waals surface area contributed by atoms with Crippen LogP contribution in [0.4, 0.5) is 0 Å². The third-order valence-electron chi connectivity index (χ3n) is 9.28. The number of phenols is 1. The minimum atomic E-state index is -1.82. The molecule has 7 nitrogen and oxygen atoms in total. The summed E-state index contributed by atoms with van der Waals surface area (Å²) < 4.78 is 4.62. The summed E-state index contributed by atoms with van der Waals surface area (Å²) in [5.41, 5.74) is 14.4. The van der Waals surface area contributed by atoms with Crippen molar-refractivity contribution in [1.29, 1.82) is 0 Å². The molecule has 51 heavy (non-hydrogen) atoms. The van der Waals surface area contributed by atoms with Crippen LogP contribution in [0.15, 0.2) is 66.4 Å². The van der Waals surface area contributed by atoms with Crippen LogP contribution in [0.2, 0.25) is 0 Å². The van der Waals surface area contributed by atoms with E-state index in [1.54, 1.807) is 0 Å². The number of aryl methyl sites for hydroxylation is 3. The van der Waals surface area contributed by atoms with Gasteiger partial charge >= 0.3 is 11.9 Å². The monoisotopic (exact) mass is 970 g/mol. The van der Waals surface area contributed by atoms with Crippen molar-refractivity contribution in [3.05, 3.63) is 128 Å². The van der Waals surface area contributed by atoms with Gasteiger partial charge in [0.25, 0.3) is 0 Å². The average Bonchev–Trinajstić information content (AvgIpc) is 3.05. The Balaban J connectivity index is 0.000000234. The van der Waals surface area contributed by atoms with Crippen LogP contribution >= 0.6 is 76.1 Å². The van der Waals surface area contributed by atoms with Crippen LogP contribution in [-0.4, -0.2) is 40.3 Å². The van der Waals surface area contributed by atoms with Gasteiger partial charge in [-0.2, -0.15) is 0 Å². The van der Waals surface area contributed by atoms with Crippen LogP contribution < -0.4 is 10.6 Å². The molecule has 0 bridgehead atoms. The van der Waals surface area contributed by atoms with Gasteiger partial charge in [0, 0.05) is 30.0 Å². The summed E-state index contributed by atoms with van der Waals surface area (Å²) in [5.74, 6) is -3.25. The molecule has 4 aromatic carbocycles. The molecular weight excluding hydrogens is 932 g/mol. The lowest BCUT2D eigenvalue weighted by atomic mass is 9.87. The van der Waals surface area contributed by atoms with Gasteiger partial charge in [0.1, 0.15) is 5.75 Å². The molecule has 2 aliphatic heterocycles. The smallest absolute Gasteiger partial charge is 0.414 e. The van der Waals surface area contributed by atoms with Gasteiger partial charge in [-0.3, -0.25) is 0 Å². The van der Waals surface area contributed by atoms with Gasteiger partial charge in [0.15, 0.2) is 0 Å². The highest BCUT2D eigenvalue weighted by Crippen LogP contribution is 2.34. The predicted octanol–water partition coefficient (Wildman–Crippen LogP) is 10.1. The van der Waals surface area contributed by atoms with Crippen LogP contribution in [-0.2, 0) is 35.3 Å². The summed E-state index contributed by atoms with van der Waals surface area (Å²) in [6.07, 6.45) is 4.07. The lowest BCUT2D eigenvalue weighted by molar-refractivity contribution is -0.159. The predicted molar refractivity (Wildman–Crippen MR) is 221 cm³/mol. The summed E-state index contributed by atoms with van der Waals surface area (Å²) >= 11 is 14.6. The van der Waals surface area contributed by atoms with Crippen molar-refractivity contribution in [2.24, 2.45) is 0 Å². The number of fused-ring (bicyclic) bond motifs is 2. The summed E-state index contributed by atoms with van der Waals surface area (Å²) in [6, 6.07) is 18.4. The van der Waals surface area contributed by atoms with Crippen LogP contribution in [0.1, 0.15) is 73.3 Å². The number of carboxylic acids is 2. The summed E-state index contributed by atoms with van der Waals surface area (Å²) in [6.45, 7) is 12.6. The van der Waals surface area contributed by atoms with Crippen molar-refractivity contribution < 1.29 is 24.9 Å². The van der Waals surface area contributed by atoms with Gasteiger partial charge in [-0.1, -0.05) is 81.9 Å². The molecule has 0 saturated heterocycles. The number of hydrogen-bond acceptors (Lipinski definition) is 5. The zero-order chi connectivity index (χ0) is 36.9. The number of halogens is 5. The molecule has 6 rings (SSSR count). The number of aromatic hydroxyl groups is 1. The molecular formula is C39H43Br4ClN2O5. The highest BCUT2D eigenvalue weighted by molar-refractivity contribution is 9.11. The van der Waals surface area contributed by atoms with E-state index in [2.05, 4.69) is 145 Å². The fourth-order valence-electron chi connectivity index (χ4n) is 6.19. The van der Waals surface area contributed by atoms with E-state index in [-0.39, 0.29) is 12.4 Å². The van der Waals surface area contributed by atoms with E-state index in [9.17, 15) is 5.11 Å². The number of rotatable bonds is 4. The number of hydrogen-bond donors (Lipinski definition) is 5. The molecule has 274 valence electrons. The minimum Gasteiger partial charge on any atom is -0.508 e. The summed E-state index contributed by atoms with van der Waals surface area (Å²) in [4.78, 5) is 18.2. The topological polar surface area (TPSA) is 119 Å². The Morgan fingerprint density at radius 2 is 0.961 bits per heavy atom. The van der Waals surface area contributed by atoms with E-state index in [0.717, 1.165) is 53.3 Å². The molecule has 0 aliphatic carbocycles. The van der Waals surface area contributed by atoms with E-state index < -0.39 is 11.9 Å². The number of aliphatic carboxylic acids is 2. The van der Waals surface area contributed by atoms with E-state index in [0.29, 0.717) is 17.8 Å². The van der Waals surface area contributed by atoms with Gasteiger partial charge in [-0.05, 0) is 165 Å². The molecule has 0 aromatic heterocycles. The Labute approximate surface area is 340 Å². The standard InChI is InChI=1S/C19H21Br2N.C18H19Br2NO.C2H2O4.ClH/c1-11-6-15-4-5-22-19(16(15)7-12(11)2)10-14-8-17(20)13(3)18(21)9-14;1-10-5-14-13(9-18(10)22)3-4-21-17(14)8-12-6-15(19)11(2)16(20)7-12;3-1(4)2(5)6;/h6-9,19,22H,4-5,10H2,1-3H3;5-7,9,17,21-22H,3-4,8H2,1-2H3;(H,3,4)(H,5,6);1H. The molecule has 0 spiro atoms. The largest absolute Gasteiger partial charge is 0.508 e. The summed E-state index contributed by atoms with van der Waals surface area (Å²) in [7, 11) is 0. The summed E-state index contributed by atoms with van der Waals surface area (Å²) in [5, 5.41) is 32.0. The normalized spacial score (nSPS) is 15.9. The third-order valence-corrected chi connectivity index (χ3v) is 12.6. The van der Waals surface area contributed by atoms with Crippen molar-refractivity contribution in [1.82, 2.24) is 10.6 Å². The molecule has 12 heteroatoms. The molecule has 2 atom stereocenters. The second kappa shape index (κ2) is 19.2.